The predicted molar refractivity (Wildman–Crippen MR) is 233 cm³/mol. The molecule has 1 unspecified atom stereocenters. The molecule has 270 valence electrons. The summed E-state index contributed by atoms with van der Waals surface area (Å²) in [7, 11) is 0. The van der Waals surface area contributed by atoms with Gasteiger partial charge in [-0.2, -0.15) is 0 Å². The molecule has 0 radical (unpaired) electrons. The molecule has 1 aliphatic carbocycles. The van der Waals surface area contributed by atoms with Crippen LogP contribution in [0.1, 0.15) is 94.3 Å². The van der Waals surface area contributed by atoms with Gasteiger partial charge in [-0.15, -0.1) is 0 Å². The third-order valence-corrected chi connectivity index (χ3v) is 13.7. The number of fused-ring (bicyclic) bond motifs is 2. The molecule has 16 heteroatoms. The Kier molecular flexibility index (Phi) is 19.5. The van der Waals surface area contributed by atoms with Gasteiger partial charge in [0.25, 0.3) is 0 Å². The minimum absolute atomic E-state index is 0. The van der Waals surface area contributed by atoms with Gasteiger partial charge in [-0.05, 0) is 115 Å². The van der Waals surface area contributed by atoms with Gasteiger partial charge in [-0.25, -0.2) is 9.59 Å². The Bertz CT molecular complexity index is 1960. The number of carbonyl (C=O) groups is 2. The Labute approximate surface area is 393 Å². The fourth-order valence-electron chi connectivity index (χ4n) is 5.73. The summed E-state index contributed by atoms with van der Waals surface area (Å²) < 4.78 is 13.0. The van der Waals surface area contributed by atoms with Crippen LogP contribution < -0.4 is 40.1 Å². The van der Waals surface area contributed by atoms with E-state index in [2.05, 4.69) is 6.92 Å². The van der Waals surface area contributed by atoms with Crippen LogP contribution in [0.4, 0.5) is 0 Å². The van der Waals surface area contributed by atoms with Crippen molar-refractivity contribution in [3.8, 4) is 28.2 Å². The summed E-state index contributed by atoms with van der Waals surface area (Å²) in [6, 6.07) is 3.16. The molecule has 0 bridgehead atoms. The molecule has 0 saturated carbocycles. The van der Waals surface area contributed by atoms with Gasteiger partial charge in [0.1, 0.15) is 9.15 Å². The van der Waals surface area contributed by atoms with Crippen molar-refractivity contribution in [2.75, 3.05) is 0 Å². The smallest absolute Gasteiger partial charge is 0.871 e. The van der Waals surface area contributed by atoms with Gasteiger partial charge in [0.05, 0.1) is 29.2 Å². The van der Waals surface area contributed by atoms with Crippen LogP contribution in [-0.4, -0.2) is 23.1 Å². The first kappa shape index (κ1) is 46.3. The van der Waals surface area contributed by atoms with Crippen molar-refractivity contribution < 1.29 is 58.5 Å². The number of esters is 1. The molecular formula is C35H31Cl4I4NaO7. The second kappa shape index (κ2) is 21.5. The maximum Gasteiger partial charge on any atom is 1.00 e. The summed E-state index contributed by atoms with van der Waals surface area (Å²) in [6.45, 7) is 2.20. The third kappa shape index (κ3) is 10.9. The zero-order valence-corrected chi connectivity index (χ0v) is 41.3. The second-order valence-corrected chi connectivity index (χ2v) is 17.8. The van der Waals surface area contributed by atoms with Crippen molar-refractivity contribution in [2.45, 2.75) is 90.1 Å². The number of benzene rings is 3. The molecule has 51 heavy (non-hydrogen) atoms. The predicted octanol–water partition coefficient (Wildman–Crippen LogP) is 9.99. The van der Waals surface area contributed by atoms with Crippen LogP contribution >= 0.6 is 137 Å². The van der Waals surface area contributed by atoms with E-state index in [9.17, 15) is 24.6 Å². The Hall–Kier alpha value is 0.950. The first-order chi connectivity index (χ1) is 23.7. The number of hydrogen-bond donors (Lipinski definition) is 1. The normalized spacial score (nSPS) is 11.9. The average Bonchev–Trinajstić information content (AvgIpc) is 3.08. The number of aliphatic carboxylic acids is 1. The van der Waals surface area contributed by atoms with Crippen LogP contribution in [0, 0.1) is 14.3 Å². The largest absolute Gasteiger partial charge is 1.00 e. The number of ether oxygens (including phenoxy) is 1. The van der Waals surface area contributed by atoms with E-state index < -0.39 is 18.0 Å². The Morgan fingerprint density at radius 1 is 0.804 bits per heavy atom. The van der Waals surface area contributed by atoms with E-state index in [1.165, 1.54) is 38.5 Å². The fraction of sp³-hybridized carbons (Fsp3) is 0.400. The van der Waals surface area contributed by atoms with E-state index in [0.717, 1.165) is 25.7 Å². The number of carboxylic acid groups (broad SMARTS) is 1. The van der Waals surface area contributed by atoms with Gasteiger partial charge in [-0.1, -0.05) is 123 Å². The van der Waals surface area contributed by atoms with Gasteiger partial charge in [0.15, 0.2) is 11.9 Å². The van der Waals surface area contributed by atoms with Crippen molar-refractivity contribution in [1.29, 1.82) is 0 Å². The topological polar surface area (TPSA) is 117 Å². The summed E-state index contributed by atoms with van der Waals surface area (Å²) >= 11 is 34.2. The summed E-state index contributed by atoms with van der Waals surface area (Å²) in [6.07, 6.45) is 10.6. The van der Waals surface area contributed by atoms with Gasteiger partial charge >= 0.3 is 41.5 Å². The molecule has 0 saturated heterocycles. The van der Waals surface area contributed by atoms with Crippen LogP contribution in [0.5, 0.6) is 5.75 Å². The van der Waals surface area contributed by atoms with Crippen molar-refractivity contribution in [3.05, 3.63) is 62.3 Å². The second-order valence-electron chi connectivity index (χ2n) is 11.8. The number of unbranched alkanes of at least 4 members (excludes halogenated alkanes) is 10. The van der Waals surface area contributed by atoms with Gasteiger partial charge in [-0.3, -0.25) is 4.79 Å². The van der Waals surface area contributed by atoms with E-state index in [-0.39, 0.29) is 102 Å². The van der Waals surface area contributed by atoms with Crippen molar-refractivity contribution in [3.63, 3.8) is 0 Å². The molecule has 2 aromatic rings. The molecule has 2 aliphatic rings. The minimum atomic E-state index is -1.47. The monoisotopic (exact) mass is 1230 g/mol. The van der Waals surface area contributed by atoms with Crippen LogP contribution in [0.15, 0.2) is 21.3 Å². The zero-order valence-electron chi connectivity index (χ0n) is 27.6. The van der Waals surface area contributed by atoms with Gasteiger partial charge < -0.3 is 19.4 Å². The molecule has 1 N–H and O–H groups in total. The molecular weight excluding hydrogens is 1200 g/mol. The number of carboxylic acids is 1. The average molecular weight is 1240 g/mol. The summed E-state index contributed by atoms with van der Waals surface area (Å²) in [5.41, 5.74) is 0.198. The molecule has 1 aliphatic heterocycles. The Morgan fingerprint density at radius 3 is 1.92 bits per heavy atom. The fourth-order valence-corrected chi connectivity index (χ4v) is 10.3. The van der Waals surface area contributed by atoms with E-state index in [4.69, 9.17) is 55.6 Å². The minimum Gasteiger partial charge on any atom is -0.871 e. The van der Waals surface area contributed by atoms with E-state index >= 15 is 0 Å². The number of hydrogen-bond acceptors (Lipinski definition) is 6. The van der Waals surface area contributed by atoms with E-state index in [1.54, 1.807) is 12.1 Å². The van der Waals surface area contributed by atoms with Crippen LogP contribution in [-0.2, 0) is 9.53 Å². The van der Waals surface area contributed by atoms with E-state index in [1.807, 2.05) is 90.4 Å². The van der Waals surface area contributed by atoms with Crippen molar-refractivity contribution >= 4 is 160 Å². The standard InChI is InChI=1S/C35H32Cl4I4O7.Na/c1-2-3-4-5-6-7-8-9-10-11-12-13-20(34(46)47)49-35(48)23-22(24(36)26(38)27(39)25(23)37)21-16-14-18(40)30(44)28(42)32(16)50-33-17(21)15-19(41)31(45)29(33)43;/h14-15,20,44H,2-13H2,1H3,(H,46,47);/q;+1/p-1. The van der Waals surface area contributed by atoms with Gasteiger partial charge in [0.2, 0.25) is 5.43 Å². The SMILES string of the molecule is CCCCCCCCCCCCCC(OC(=O)c1c(Cl)c(Cl)c(Cl)c(Cl)c1-c1c2cc(I)c(=O)c(I)c-2oc2c(I)c([O-])c(I)cc12)C(=O)O.[Na+]. The summed E-state index contributed by atoms with van der Waals surface area (Å²) in [5, 5.41) is 22.6. The first-order valence-corrected chi connectivity index (χ1v) is 21.8. The van der Waals surface area contributed by atoms with Crippen molar-refractivity contribution in [2.24, 2.45) is 0 Å². The quantitative estimate of drug-likeness (QED) is 0.0226. The molecule has 4 rings (SSSR count). The van der Waals surface area contributed by atoms with Crippen molar-refractivity contribution in [1.82, 2.24) is 0 Å². The molecule has 1 heterocycles. The molecule has 0 amide bonds. The number of rotatable bonds is 16. The molecule has 1 atom stereocenters. The summed E-state index contributed by atoms with van der Waals surface area (Å²) in [5.74, 6) is -2.52. The molecule has 0 spiro atoms. The third-order valence-electron chi connectivity index (χ3n) is 8.32. The Balaban J connectivity index is 0.00000702. The van der Waals surface area contributed by atoms with Gasteiger partial charge in [0, 0.05) is 29.2 Å². The number of carbonyl (C=O) groups excluding carboxylic acids is 1. The van der Waals surface area contributed by atoms with Crippen LogP contribution in [0.3, 0.4) is 0 Å². The van der Waals surface area contributed by atoms with E-state index in [0.29, 0.717) is 24.5 Å². The van der Waals surface area contributed by atoms with Crippen LogP contribution in [0.25, 0.3) is 33.4 Å². The summed E-state index contributed by atoms with van der Waals surface area (Å²) in [4.78, 5) is 39.4. The zero-order chi connectivity index (χ0) is 36.9. The maximum atomic E-state index is 14.1. The molecule has 0 fully saturated rings. The molecule has 7 nitrogen and oxygen atoms in total. The van der Waals surface area contributed by atoms with Crippen LogP contribution in [0.2, 0.25) is 20.1 Å². The first-order valence-electron chi connectivity index (χ1n) is 16.0. The Morgan fingerprint density at radius 2 is 1.35 bits per heavy atom. The maximum absolute atomic E-state index is 14.1. The molecule has 0 aromatic heterocycles. The molecule has 2 aromatic carbocycles. The number of halogens is 8.